The lowest BCUT2D eigenvalue weighted by atomic mass is 9.96. The summed E-state index contributed by atoms with van der Waals surface area (Å²) in [5.41, 5.74) is 8.38. The molecule has 1 aromatic heterocycles. The summed E-state index contributed by atoms with van der Waals surface area (Å²) in [6, 6.07) is 6.78. The largest absolute Gasteiger partial charge is 0.382 e. The first-order valence-corrected chi connectivity index (χ1v) is 8.67. The molecule has 0 bridgehead atoms. The van der Waals surface area contributed by atoms with E-state index in [2.05, 4.69) is 10.3 Å². The number of nitrogens with one attached hydrogen (secondary N) is 1. The van der Waals surface area contributed by atoms with Crippen LogP contribution in [0, 0.1) is 0 Å². The van der Waals surface area contributed by atoms with Crippen LogP contribution in [0.15, 0.2) is 24.3 Å². The second-order valence-electron chi connectivity index (χ2n) is 6.09. The van der Waals surface area contributed by atoms with Crippen LogP contribution >= 0.6 is 11.6 Å². The summed E-state index contributed by atoms with van der Waals surface area (Å²) in [5, 5.41) is 3.78. The summed E-state index contributed by atoms with van der Waals surface area (Å²) in [4.78, 5) is 21.1. The number of aromatic nitrogens is 2. The lowest BCUT2D eigenvalue weighted by Gasteiger charge is -2.22. The van der Waals surface area contributed by atoms with Gasteiger partial charge >= 0.3 is 0 Å². The lowest BCUT2D eigenvalue weighted by molar-refractivity contribution is -0.119. The molecule has 1 atom stereocenters. The maximum atomic E-state index is 11.7. The first kappa shape index (κ1) is 17.6. The Bertz CT molecular complexity index is 782. The van der Waals surface area contributed by atoms with Crippen LogP contribution in [0.4, 0.5) is 5.82 Å². The summed E-state index contributed by atoms with van der Waals surface area (Å²) < 4.78 is 5.09. The van der Waals surface area contributed by atoms with Gasteiger partial charge in [0.2, 0.25) is 5.91 Å². The molecule has 0 spiro atoms. The SMILES string of the molecule is COCC(Nc1nc(-c2cccc(Cl)c2)nc2c1CCCC2)C(N)=O. The maximum Gasteiger partial charge on any atom is 0.242 e. The third-order valence-corrected chi connectivity index (χ3v) is 4.49. The van der Waals surface area contributed by atoms with Crippen molar-refractivity contribution in [2.24, 2.45) is 5.73 Å². The molecule has 1 heterocycles. The van der Waals surface area contributed by atoms with Crippen LogP contribution in [0.25, 0.3) is 11.4 Å². The maximum absolute atomic E-state index is 11.7. The number of methoxy groups -OCH3 is 1. The van der Waals surface area contributed by atoms with Crippen molar-refractivity contribution in [2.75, 3.05) is 19.0 Å². The fraction of sp³-hybridized carbons (Fsp3) is 0.389. The number of nitrogens with two attached hydrogens (primary N) is 1. The highest BCUT2D eigenvalue weighted by atomic mass is 35.5. The minimum absolute atomic E-state index is 0.181. The van der Waals surface area contributed by atoms with E-state index < -0.39 is 11.9 Å². The molecule has 0 radical (unpaired) electrons. The highest BCUT2D eigenvalue weighted by Gasteiger charge is 2.22. The number of primary amides is 1. The van der Waals surface area contributed by atoms with Crippen molar-refractivity contribution in [1.29, 1.82) is 0 Å². The van der Waals surface area contributed by atoms with Gasteiger partial charge in [-0.25, -0.2) is 9.97 Å². The molecule has 7 heteroatoms. The summed E-state index contributed by atoms with van der Waals surface area (Å²) in [5.74, 6) is 0.765. The van der Waals surface area contributed by atoms with Crippen LogP contribution in [0.1, 0.15) is 24.1 Å². The van der Waals surface area contributed by atoms with Crippen molar-refractivity contribution in [3.8, 4) is 11.4 Å². The number of halogens is 1. The third kappa shape index (κ3) is 4.08. The van der Waals surface area contributed by atoms with Gasteiger partial charge in [-0.1, -0.05) is 23.7 Å². The Morgan fingerprint density at radius 3 is 2.88 bits per heavy atom. The normalized spacial score (nSPS) is 14.6. The second-order valence-corrected chi connectivity index (χ2v) is 6.53. The number of aryl methyl sites for hydroxylation is 1. The molecule has 1 aliphatic rings. The molecule has 3 N–H and O–H groups in total. The summed E-state index contributed by atoms with van der Waals surface area (Å²) in [6.07, 6.45) is 3.94. The highest BCUT2D eigenvalue weighted by Crippen LogP contribution is 2.29. The van der Waals surface area contributed by atoms with E-state index in [1.54, 1.807) is 0 Å². The van der Waals surface area contributed by atoms with Crippen molar-refractivity contribution in [2.45, 2.75) is 31.7 Å². The quantitative estimate of drug-likeness (QED) is 0.826. The summed E-state index contributed by atoms with van der Waals surface area (Å²) >= 11 is 6.10. The Kier molecular flexibility index (Phi) is 5.50. The number of carbonyl (C=O) groups excluding carboxylic acids is 1. The number of hydrogen-bond acceptors (Lipinski definition) is 5. The van der Waals surface area contributed by atoms with Crippen LogP contribution < -0.4 is 11.1 Å². The van der Waals surface area contributed by atoms with Gasteiger partial charge in [-0.05, 0) is 37.8 Å². The number of carbonyl (C=O) groups is 1. The minimum atomic E-state index is -0.641. The van der Waals surface area contributed by atoms with Gasteiger partial charge in [-0.2, -0.15) is 0 Å². The van der Waals surface area contributed by atoms with Crippen molar-refractivity contribution in [3.63, 3.8) is 0 Å². The Hall–Kier alpha value is -2.18. The monoisotopic (exact) mass is 360 g/mol. The Morgan fingerprint density at radius 1 is 1.36 bits per heavy atom. The predicted octanol–water partition coefficient (Wildman–Crippen LogP) is 2.59. The van der Waals surface area contributed by atoms with Gasteiger partial charge in [0, 0.05) is 29.0 Å². The van der Waals surface area contributed by atoms with Gasteiger partial charge in [0.05, 0.1) is 6.61 Å². The zero-order chi connectivity index (χ0) is 17.8. The molecule has 2 aromatic rings. The van der Waals surface area contributed by atoms with E-state index in [-0.39, 0.29) is 6.61 Å². The van der Waals surface area contributed by atoms with E-state index in [1.807, 2.05) is 24.3 Å². The zero-order valence-electron chi connectivity index (χ0n) is 14.1. The molecule has 0 saturated heterocycles. The molecular weight excluding hydrogens is 340 g/mol. The second kappa shape index (κ2) is 7.80. The molecule has 25 heavy (non-hydrogen) atoms. The van der Waals surface area contributed by atoms with Gasteiger partial charge in [-0.15, -0.1) is 0 Å². The number of benzene rings is 1. The highest BCUT2D eigenvalue weighted by molar-refractivity contribution is 6.30. The molecule has 3 rings (SSSR count). The molecule has 132 valence electrons. The molecule has 0 saturated carbocycles. The van der Waals surface area contributed by atoms with Crippen LogP contribution in [0.2, 0.25) is 5.02 Å². The lowest BCUT2D eigenvalue weighted by Crippen LogP contribution is -2.39. The zero-order valence-corrected chi connectivity index (χ0v) is 14.8. The smallest absolute Gasteiger partial charge is 0.242 e. The number of amides is 1. The van der Waals surface area contributed by atoms with Crippen LogP contribution in [-0.2, 0) is 22.4 Å². The van der Waals surface area contributed by atoms with E-state index in [0.717, 1.165) is 42.5 Å². The van der Waals surface area contributed by atoms with Crippen molar-refractivity contribution >= 4 is 23.3 Å². The molecular formula is C18H21ClN4O2. The molecule has 1 unspecified atom stereocenters. The standard InChI is InChI=1S/C18H21ClN4O2/c1-25-10-15(16(20)24)22-18-13-7-2-3-8-14(13)21-17(23-18)11-5-4-6-12(19)9-11/h4-6,9,15H,2-3,7-8,10H2,1H3,(H2,20,24)(H,21,22,23). The number of hydrogen-bond donors (Lipinski definition) is 2. The van der Waals surface area contributed by atoms with E-state index in [9.17, 15) is 4.79 Å². The minimum Gasteiger partial charge on any atom is -0.382 e. The van der Waals surface area contributed by atoms with Gasteiger partial charge in [0.15, 0.2) is 5.82 Å². The van der Waals surface area contributed by atoms with Crippen molar-refractivity contribution in [1.82, 2.24) is 9.97 Å². The van der Waals surface area contributed by atoms with Gasteiger partial charge in [0.25, 0.3) is 0 Å². The van der Waals surface area contributed by atoms with E-state index in [1.165, 1.54) is 7.11 Å². The van der Waals surface area contributed by atoms with Crippen molar-refractivity contribution in [3.05, 3.63) is 40.5 Å². The number of fused-ring (bicyclic) bond motifs is 1. The molecule has 1 aliphatic carbocycles. The molecule has 0 fully saturated rings. The summed E-state index contributed by atoms with van der Waals surface area (Å²) in [7, 11) is 1.53. The van der Waals surface area contributed by atoms with E-state index >= 15 is 0 Å². The van der Waals surface area contributed by atoms with E-state index in [0.29, 0.717) is 16.7 Å². The van der Waals surface area contributed by atoms with Crippen LogP contribution in [-0.4, -0.2) is 35.6 Å². The average molecular weight is 361 g/mol. The number of anilines is 1. The first-order valence-electron chi connectivity index (χ1n) is 8.29. The summed E-state index contributed by atoms with van der Waals surface area (Å²) in [6.45, 7) is 0.181. The number of ether oxygens (including phenoxy) is 1. The van der Waals surface area contributed by atoms with Crippen LogP contribution in [0.5, 0.6) is 0 Å². The van der Waals surface area contributed by atoms with Gasteiger partial charge in [-0.3, -0.25) is 4.79 Å². The molecule has 6 nitrogen and oxygen atoms in total. The molecule has 1 amide bonds. The fourth-order valence-electron chi connectivity index (χ4n) is 3.00. The third-order valence-electron chi connectivity index (χ3n) is 4.25. The van der Waals surface area contributed by atoms with Crippen molar-refractivity contribution < 1.29 is 9.53 Å². The Labute approximate surface area is 151 Å². The molecule has 0 aliphatic heterocycles. The molecule has 1 aromatic carbocycles. The Balaban J connectivity index is 2.03. The topological polar surface area (TPSA) is 90.1 Å². The first-order chi connectivity index (χ1) is 12.1. The number of rotatable bonds is 6. The van der Waals surface area contributed by atoms with Gasteiger partial charge in [0.1, 0.15) is 11.9 Å². The van der Waals surface area contributed by atoms with Crippen LogP contribution in [0.3, 0.4) is 0 Å². The Morgan fingerprint density at radius 2 is 2.16 bits per heavy atom. The van der Waals surface area contributed by atoms with Gasteiger partial charge < -0.3 is 15.8 Å². The number of nitrogens with zero attached hydrogens (tertiary/aromatic N) is 2. The predicted molar refractivity (Wildman–Crippen MR) is 97.6 cm³/mol. The van der Waals surface area contributed by atoms with E-state index in [4.69, 9.17) is 27.1 Å². The average Bonchev–Trinajstić information content (AvgIpc) is 2.61. The fourth-order valence-corrected chi connectivity index (χ4v) is 3.19.